The summed E-state index contributed by atoms with van der Waals surface area (Å²) in [6.07, 6.45) is 0.608. The molecule has 8 heteroatoms. The third-order valence-corrected chi connectivity index (χ3v) is 8.76. The first kappa shape index (κ1) is 23.4. The van der Waals surface area contributed by atoms with Gasteiger partial charge in [-0.2, -0.15) is 0 Å². The number of carbonyl (C=O) groups excluding carboxylic acids is 2. The summed E-state index contributed by atoms with van der Waals surface area (Å²) >= 11 is 0. The molecule has 0 N–H and O–H groups in total. The normalized spacial score (nSPS) is 17.6. The first-order valence-electron chi connectivity index (χ1n) is 11.4. The number of benzene rings is 2. The molecule has 2 aromatic carbocycles. The highest BCUT2D eigenvalue weighted by Gasteiger charge is 2.31. The predicted octanol–water partition coefficient (Wildman–Crippen LogP) is 2.49. The third kappa shape index (κ3) is 5.12. The summed E-state index contributed by atoms with van der Waals surface area (Å²) in [7, 11) is -3.64. The van der Waals surface area contributed by atoms with Gasteiger partial charge < -0.3 is 9.80 Å². The predicted molar refractivity (Wildman–Crippen MR) is 128 cm³/mol. The molecule has 7 nitrogen and oxygen atoms in total. The van der Waals surface area contributed by atoms with Crippen LogP contribution >= 0.6 is 0 Å². The van der Waals surface area contributed by atoms with Crippen LogP contribution in [0.2, 0.25) is 0 Å². The minimum Gasteiger partial charge on any atom is -0.340 e. The summed E-state index contributed by atoms with van der Waals surface area (Å²) in [6, 6.07) is 15.2. The van der Waals surface area contributed by atoms with Gasteiger partial charge in [-0.3, -0.25) is 14.5 Å². The molecule has 2 aliphatic rings. The maximum absolute atomic E-state index is 13.2. The van der Waals surface area contributed by atoms with Crippen molar-refractivity contribution in [2.24, 2.45) is 0 Å². The number of nitrogens with zero attached hydrogens (tertiary/aromatic N) is 3. The van der Waals surface area contributed by atoms with Crippen LogP contribution < -0.4 is 4.90 Å². The fourth-order valence-electron chi connectivity index (χ4n) is 4.60. The quantitative estimate of drug-likeness (QED) is 0.650. The van der Waals surface area contributed by atoms with Crippen molar-refractivity contribution in [2.45, 2.75) is 43.4 Å². The lowest BCUT2D eigenvalue weighted by Crippen LogP contribution is -2.49. The van der Waals surface area contributed by atoms with Gasteiger partial charge in [-0.1, -0.05) is 30.3 Å². The number of anilines is 1. The Balaban J connectivity index is 1.34. The number of piperazine rings is 1. The standard InChI is InChI=1S/C25H31N3O4S/c1-19(33(31,32)23-8-9-24-22(17-23)10-11-28(24)20(2)29)16-25(30)27-14-12-26(13-15-27)18-21-6-4-3-5-7-21/h3-9,17,19H,10-16,18H2,1-2H3/t19-/m1/s1. The lowest BCUT2D eigenvalue weighted by Gasteiger charge is -2.35. The maximum Gasteiger partial charge on any atom is 0.223 e. The van der Waals surface area contributed by atoms with Crippen molar-refractivity contribution in [2.75, 3.05) is 37.6 Å². The van der Waals surface area contributed by atoms with Crippen molar-refractivity contribution in [3.8, 4) is 0 Å². The van der Waals surface area contributed by atoms with Crippen LogP contribution in [-0.2, 0) is 32.4 Å². The van der Waals surface area contributed by atoms with Crippen LogP contribution in [0.3, 0.4) is 0 Å². The molecule has 176 valence electrons. The van der Waals surface area contributed by atoms with Gasteiger partial charge in [0.2, 0.25) is 11.8 Å². The van der Waals surface area contributed by atoms with E-state index in [9.17, 15) is 18.0 Å². The topological polar surface area (TPSA) is 78.0 Å². The molecule has 0 saturated carbocycles. The maximum atomic E-state index is 13.2. The first-order valence-corrected chi connectivity index (χ1v) is 13.0. The molecule has 0 spiro atoms. The molecule has 1 atom stereocenters. The first-order chi connectivity index (χ1) is 15.8. The zero-order valence-electron chi connectivity index (χ0n) is 19.2. The number of hydrogen-bond acceptors (Lipinski definition) is 5. The highest BCUT2D eigenvalue weighted by Crippen LogP contribution is 2.31. The van der Waals surface area contributed by atoms with E-state index in [4.69, 9.17) is 0 Å². The highest BCUT2D eigenvalue weighted by molar-refractivity contribution is 7.92. The summed E-state index contributed by atoms with van der Waals surface area (Å²) in [5.41, 5.74) is 2.88. The second kappa shape index (κ2) is 9.65. The van der Waals surface area contributed by atoms with Crippen molar-refractivity contribution in [1.82, 2.24) is 9.80 Å². The van der Waals surface area contributed by atoms with Crippen LogP contribution in [0.5, 0.6) is 0 Å². The number of amides is 2. The van der Waals surface area contributed by atoms with Gasteiger partial charge in [-0.05, 0) is 42.7 Å². The summed E-state index contributed by atoms with van der Waals surface area (Å²) in [6.45, 7) is 7.31. The fourth-order valence-corrected chi connectivity index (χ4v) is 5.99. The average Bonchev–Trinajstić information content (AvgIpc) is 3.24. The number of hydrogen-bond donors (Lipinski definition) is 0. The second-order valence-corrected chi connectivity index (χ2v) is 11.3. The molecule has 2 amide bonds. The van der Waals surface area contributed by atoms with Crippen LogP contribution in [0.15, 0.2) is 53.4 Å². The Labute approximate surface area is 195 Å². The van der Waals surface area contributed by atoms with E-state index in [1.165, 1.54) is 12.5 Å². The van der Waals surface area contributed by atoms with E-state index in [2.05, 4.69) is 17.0 Å². The second-order valence-electron chi connectivity index (χ2n) is 8.91. The minimum atomic E-state index is -3.64. The van der Waals surface area contributed by atoms with Crippen LogP contribution in [0.1, 0.15) is 31.4 Å². The highest BCUT2D eigenvalue weighted by atomic mass is 32.2. The largest absolute Gasteiger partial charge is 0.340 e. The number of sulfone groups is 1. The van der Waals surface area contributed by atoms with Crippen molar-refractivity contribution in [3.05, 3.63) is 59.7 Å². The van der Waals surface area contributed by atoms with Gasteiger partial charge in [0.05, 0.1) is 10.1 Å². The van der Waals surface area contributed by atoms with Gasteiger partial charge in [0, 0.05) is 58.3 Å². The van der Waals surface area contributed by atoms with E-state index in [0.717, 1.165) is 30.9 Å². The SMILES string of the molecule is CC(=O)N1CCc2cc(S(=O)(=O)[C@H](C)CC(=O)N3CCN(Cc4ccccc4)CC3)ccc21. The molecule has 2 aromatic rings. The van der Waals surface area contributed by atoms with E-state index in [1.807, 2.05) is 18.2 Å². The van der Waals surface area contributed by atoms with Crippen molar-refractivity contribution in [3.63, 3.8) is 0 Å². The van der Waals surface area contributed by atoms with Crippen molar-refractivity contribution >= 4 is 27.3 Å². The molecular weight excluding hydrogens is 438 g/mol. The van der Waals surface area contributed by atoms with Crippen molar-refractivity contribution in [1.29, 1.82) is 0 Å². The van der Waals surface area contributed by atoms with Crippen LogP contribution in [-0.4, -0.2) is 68.0 Å². The Hall–Kier alpha value is -2.71. The minimum absolute atomic E-state index is 0.0301. The Bertz CT molecular complexity index is 1130. The molecule has 0 radical (unpaired) electrons. The summed E-state index contributed by atoms with van der Waals surface area (Å²) in [4.78, 5) is 30.6. The fraction of sp³-hybridized carbons (Fsp3) is 0.440. The summed E-state index contributed by atoms with van der Waals surface area (Å²) in [5, 5.41) is -0.810. The number of rotatable bonds is 6. The van der Waals surface area contributed by atoms with E-state index in [0.29, 0.717) is 26.1 Å². The molecule has 0 aromatic heterocycles. The Kier molecular flexibility index (Phi) is 6.86. The zero-order chi connectivity index (χ0) is 23.6. The molecule has 0 aliphatic carbocycles. The van der Waals surface area contributed by atoms with Gasteiger partial charge in [0.1, 0.15) is 0 Å². The Morgan fingerprint density at radius 1 is 0.970 bits per heavy atom. The zero-order valence-corrected chi connectivity index (χ0v) is 20.1. The smallest absolute Gasteiger partial charge is 0.223 e. The molecular formula is C25H31N3O4S. The lowest BCUT2D eigenvalue weighted by atomic mass is 10.2. The van der Waals surface area contributed by atoms with Crippen LogP contribution in [0, 0.1) is 0 Å². The van der Waals surface area contributed by atoms with E-state index >= 15 is 0 Å². The molecule has 4 rings (SSSR count). The van der Waals surface area contributed by atoms with Gasteiger partial charge in [0.25, 0.3) is 0 Å². The van der Waals surface area contributed by atoms with Crippen LogP contribution in [0.25, 0.3) is 0 Å². The van der Waals surface area contributed by atoms with Gasteiger partial charge >= 0.3 is 0 Å². The molecule has 2 aliphatic heterocycles. The molecule has 1 saturated heterocycles. The number of fused-ring (bicyclic) bond motifs is 1. The lowest BCUT2D eigenvalue weighted by molar-refractivity contribution is -0.133. The van der Waals surface area contributed by atoms with Gasteiger partial charge in [-0.15, -0.1) is 0 Å². The Morgan fingerprint density at radius 3 is 2.33 bits per heavy atom. The molecule has 1 fully saturated rings. The van der Waals surface area contributed by atoms with Crippen molar-refractivity contribution < 1.29 is 18.0 Å². The van der Waals surface area contributed by atoms with Crippen LogP contribution in [0.4, 0.5) is 5.69 Å². The third-order valence-electron chi connectivity index (χ3n) is 6.62. The van der Waals surface area contributed by atoms with E-state index < -0.39 is 15.1 Å². The van der Waals surface area contributed by atoms with E-state index in [-0.39, 0.29) is 23.1 Å². The molecule has 2 heterocycles. The summed E-state index contributed by atoms with van der Waals surface area (Å²) < 4.78 is 26.3. The van der Waals surface area contributed by atoms with E-state index in [1.54, 1.807) is 34.9 Å². The van der Waals surface area contributed by atoms with Gasteiger partial charge in [-0.25, -0.2) is 8.42 Å². The van der Waals surface area contributed by atoms with Gasteiger partial charge in [0.15, 0.2) is 9.84 Å². The average molecular weight is 470 g/mol. The molecule has 0 bridgehead atoms. The molecule has 33 heavy (non-hydrogen) atoms. The Morgan fingerprint density at radius 2 is 1.67 bits per heavy atom. The summed E-state index contributed by atoms with van der Waals surface area (Å²) in [5.74, 6) is -0.165. The number of carbonyl (C=O) groups is 2. The monoisotopic (exact) mass is 469 g/mol. The molecule has 0 unspecified atom stereocenters.